The Bertz CT molecular complexity index is 116. The van der Waals surface area contributed by atoms with Gasteiger partial charge in [0.15, 0.2) is 0 Å². The maximum absolute atomic E-state index is 5.65. The van der Waals surface area contributed by atoms with E-state index in [1.54, 1.807) is 4.72 Å². The van der Waals surface area contributed by atoms with Crippen LogP contribution in [-0.4, -0.2) is 21.6 Å². The summed E-state index contributed by atoms with van der Waals surface area (Å²) >= 11 is 22.6. The predicted molar refractivity (Wildman–Crippen MR) is 56.5 cm³/mol. The van der Waals surface area contributed by atoms with Crippen LogP contribution in [0.5, 0.6) is 0 Å². The van der Waals surface area contributed by atoms with Crippen LogP contribution in [0.4, 0.5) is 0 Å². The Morgan fingerprint density at radius 1 is 0.909 bits per heavy atom. The Hall–Kier alpha value is 1.25. The monoisotopic (exact) mass is 233 g/mol. The summed E-state index contributed by atoms with van der Waals surface area (Å²) in [5.74, 6) is 0. The number of rotatable bonds is 2. The summed E-state index contributed by atoms with van der Waals surface area (Å²) in [5, 5.41) is 0. The molecule has 7 heteroatoms. The lowest BCUT2D eigenvalue weighted by Gasteiger charge is -2.35. The zero-order valence-corrected chi connectivity index (χ0v) is 9.64. The van der Waals surface area contributed by atoms with Gasteiger partial charge in [0.05, 0.1) is 0 Å². The summed E-state index contributed by atoms with van der Waals surface area (Å²) in [5.41, 5.74) is -1.60. The molecule has 0 fully saturated rings. The first-order valence-corrected chi connectivity index (χ1v) is 4.86. The topological polar surface area (TPSA) is 3.24 Å². The van der Waals surface area contributed by atoms with E-state index in [1.807, 2.05) is 20.8 Å². The fourth-order valence-corrected chi connectivity index (χ4v) is 2.52. The van der Waals surface area contributed by atoms with E-state index < -0.39 is 11.4 Å². The molecule has 0 saturated heterocycles. The summed E-state index contributed by atoms with van der Waals surface area (Å²) in [7, 11) is 0. The minimum Gasteiger partial charge on any atom is -0.324 e. The van der Waals surface area contributed by atoms with Gasteiger partial charge < -0.3 is 4.72 Å². The lowest BCUT2D eigenvalue weighted by atomic mass is 9.93. The fourth-order valence-electron chi connectivity index (χ4n) is 0.671. The van der Waals surface area contributed by atoms with Crippen molar-refractivity contribution in [1.82, 2.24) is 4.72 Å². The van der Waals surface area contributed by atoms with E-state index in [1.165, 1.54) is 0 Å². The second-order valence-corrected chi connectivity index (χ2v) is 5.23. The molecule has 0 aliphatic rings. The second-order valence-electron chi connectivity index (χ2n) is 3.13. The van der Waals surface area contributed by atoms with Crippen molar-refractivity contribution in [3.8, 4) is 0 Å². The molecule has 0 amide bonds. The van der Waals surface area contributed by atoms with Crippen molar-refractivity contribution in [1.29, 1.82) is 0 Å². The van der Waals surface area contributed by atoms with Crippen LogP contribution in [0, 0.1) is 0 Å². The van der Waals surface area contributed by atoms with Crippen LogP contribution >= 0.6 is 45.8 Å². The highest BCUT2D eigenvalue weighted by molar-refractivity contribution is 7.42. The SMILES string of the molecule is CC(C)(C)N(B(Cl)Cl)B(Cl)Cl. The third-order valence-corrected chi connectivity index (χ3v) is 2.04. The first-order chi connectivity index (χ1) is 4.76. The molecular formula is C4H9B2Cl4N. The predicted octanol–water partition coefficient (Wildman–Crippen LogP) is 3.01. The molecule has 0 saturated carbocycles. The number of halogens is 4. The van der Waals surface area contributed by atoms with Crippen LogP contribution in [0.25, 0.3) is 0 Å². The lowest BCUT2D eigenvalue weighted by Crippen LogP contribution is -2.51. The van der Waals surface area contributed by atoms with Gasteiger partial charge in [-0.05, 0) is 26.3 Å². The van der Waals surface area contributed by atoms with Crippen molar-refractivity contribution in [3.63, 3.8) is 0 Å². The third-order valence-electron chi connectivity index (χ3n) is 1.20. The van der Waals surface area contributed by atoms with Crippen LogP contribution in [0.1, 0.15) is 20.8 Å². The number of hydrogen-bond donors (Lipinski definition) is 0. The lowest BCUT2D eigenvalue weighted by molar-refractivity contribution is 0.379. The molecule has 11 heavy (non-hydrogen) atoms. The summed E-state index contributed by atoms with van der Waals surface area (Å²) in [6, 6.07) is 0. The Balaban J connectivity index is 4.35. The molecule has 0 aliphatic carbocycles. The van der Waals surface area contributed by atoms with Crippen LogP contribution in [0.3, 0.4) is 0 Å². The number of hydrogen-bond acceptors (Lipinski definition) is 1. The van der Waals surface area contributed by atoms with Crippen LogP contribution in [0.2, 0.25) is 0 Å². The Morgan fingerprint density at radius 2 is 1.18 bits per heavy atom. The molecule has 0 atom stereocenters. The quantitative estimate of drug-likeness (QED) is 0.664. The van der Waals surface area contributed by atoms with Gasteiger partial charge in [-0.25, -0.2) is 0 Å². The van der Waals surface area contributed by atoms with Gasteiger partial charge in [0.1, 0.15) is 0 Å². The van der Waals surface area contributed by atoms with Crippen molar-refractivity contribution >= 4 is 57.2 Å². The highest BCUT2D eigenvalue weighted by atomic mass is 35.5. The molecular weight excluding hydrogens is 225 g/mol. The minimum atomic E-state index is -0.685. The molecule has 0 unspecified atom stereocenters. The van der Waals surface area contributed by atoms with Gasteiger partial charge in [0.2, 0.25) is 0 Å². The van der Waals surface area contributed by atoms with E-state index in [2.05, 4.69) is 0 Å². The molecule has 0 N–H and O–H groups in total. The van der Waals surface area contributed by atoms with E-state index in [0.29, 0.717) is 0 Å². The molecule has 64 valence electrons. The molecule has 1 nitrogen and oxygen atoms in total. The standard InChI is InChI=1S/C4H9B2Cl4N/c1-4(2,3)11(5(7)8)6(9)10/h1-3H3. The molecule has 0 heterocycles. The van der Waals surface area contributed by atoms with Crippen molar-refractivity contribution in [2.45, 2.75) is 26.3 Å². The Kier molecular flexibility index (Phi) is 4.98. The molecule has 0 radical (unpaired) electrons. The van der Waals surface area contributed by atoms with Gasteiger partial charge in [-0.3, -0.25) is 0 Å². The highest BCUT2D eigenvalue weighted by Crippen LogP contribution is 2.23. The van der Waals surface area contributed by atoms with Gasteiger partial charge in [0.25, 0.3) is 0 Å². The highest BCUT2D eigenvalue weighted by Gasteiger charge is 2.36. The smallest absolute Gasteiger partial charge is 0.324 e. The summed E-state index contributed by atoms with van der Waals surface area (Å²) in [4.78, 5) is 0. The molecule has 0 rings (SSSR count). The van der Waals surface area contributed by atoms with Gasteiger partial charge in [0, 0.05) is 0 Å². The molecule has 0 aromatic heterocycles. The second kappa shape index (κ2) is 4.48. The average molecular weight is 235 g/mol. The molecule has 0 bridgehead atoms. The van der Waals surface area contributed by atoms with Crippen molar-refractivity contribution in [2.24, 2.45) is 0 Å². The van der Waals surface area contributed by atoms with Gasteiger partial charge in [-0.15, -0.1) is 45.8 Å². The zero-order chi connectivity index (χ0) is 9.23. The fraction of sp³-hybridized carbons (Fsp3) is 1.00. The van der Waals surface area contributed by atoms with Crippen molar-refractivity contribution in [2.75, 3.05) is 0 Å². The molecule has 0 spiro atoms. The zero-order valence-electron chi connectivity index (χ0n) is 6.61. The van der Waals surface area contributed by atoms with E-state index in [9.17, 15) is 0 Å². The van der Waals surface area contributed by atoms with Crippen LogP contribution in [0.15, 0.2) is 0 Å². The van der Waals surface area contributed by atoms with Gasteiger partial charge in [-0.1, -0.05) is 0 Å². The van der Waals surface area contributed by atoms with E-state index >= 15 is 0 Å². The summed E-state index contributed by atoms with van der Waals surface area (Å²) < 4.78 is 1.58. The maximum atomic E-state index is 5.65. The summed E-state index contributed by atoms with van der Waals surface area (Å²) in [6.45, 7) is 5.80. The van der Waals surface area contributed by atoms with Gasteiger partial charge >= 0.3 is 11.4 Å². The van der Waals surface area contributed by atoms with Gasteiger partial charge in [-0.2, -0.15) is 0 Å². The average Bonchev–Trinajstić information content (AvgIpc) is 1.54. The first kappa shape index (κ1) is 12.2. The third kappa shape index (κ3) is 4.14. The van der Waals surface area contributed by atoms with E-state index in [-0.39, 0.29) is 5.54 Å². The van der Waals surface area contributed by atoms with E-state index in [4.69, 9.17) is 45.8 Å². The largest absolute Gasteiger partial charge is 0.425 e. The van der Waals surface area contributed by atoms with E-state index in [0.717, 1.165) is 0 Å². The Labute approximate surface area is 88.2 Å². The maximum Gasteiger partial charge on any atom is 0.425 e. The van der Waals surface area contributed by atoms with Crippen LogP contribution < -0.4 is 0 Å². The number of nitrogens with zero attached hydrogens (tertiary/aromatic N) is 1. The molecule has 0 aliphatic heterocycles. The normalized spacial score (nSPS) is 12.0. The first-order valence-electron chi connectivity index (χ1n) is 3.11. The molecule has 0 aromatic rings. The van der Waals surface area contributed by atoms with Crippen LogP contribution in [-0.2, 0) is 0 Å². The van der Waals surface area contributed by atoms with Crippen molar-refractivity contribution in [3.05, 3.63) is 0 Å². The summed E-state index contributed by atoms with van der Waals surface area (Å²) in [6.07, 6.45) is 0. The van der Waals surface area contributed by atoms with Crippen molar-refractivity contribution < 1.29 is 0 Å². The Morgan fingerprint density at radius 3 is 1.18 bits per heavy atom. The minimum absolute atomic E-state index is 0.234. The molecule has 0 aromatic carbocycles.